The normalized spacial score (nSPS) is 15.9. The number of nitrogens with two attached hydrogens (primary N) is 2. The van der Waals surface area contributed by atoms with Crippen LogP contribution in [-0.4, -0.2) is 17.7 Å². The van der Waals surface area contributed by atoms with E-state index in [1.165, 1.54) is 13.8 Å². The summed E-state index contributed by atoms with van der Waals surface area (Å²) in [6, 6.07) is -0.609. The summed E-state index contributed by atoms with van der Waals surface area (Å²) in [7, 11) is 0. The lowest BCUT2D eigenvalue weighted by atomic mass is 10.0. The lowest BCUT2D eigenvalue weighted by Crippen LogP contribution is -2.38. The van der Waals surface area contributed by atoms with Crippen LogP contribution in [0.5, 0.6) is 0 Å². The Kier molecular flexibility index (Phi) is 3.02. The van der Waals surface area contributed by atoms with E-state index in [2.05, 4.69) is 0 Å². The highest BCUT2D eigenvalue weighted by Crippen LogP contribution is 1.97. The average Bonchev–Trinajstić information content (AvgIpc) is 1.84. The molecule has 0 fully saturated rings. The topological polar surface area (TPSA) is 86.2 Å². The van der Waals surface area contributed by atoms with E-state index in [-0.39, 0.29) is 5.78 Å². The van der Waals surface area contributed by atoms with Crippen molar-refractivity contribution in [2.45, 2.75) is 19.9 Å². The highest BCUT2D eigenvalue weighted by atomic mass is 16.2. The molecule has 0 saturated heterocycles. The predicted molar refractivity (Wildman–Crippen MR) is 37.0 cm³/mol. The summed E-state index contributed by atoms with van der Waals surface area (Å²) < 4.78 is 0. The molecule has 0 radical (unpaired) electrons. The molecule has 4 N–H and O–H groups in total. The molecular formula is C6H12N2O2. The van der Waals surface area contributed by atoms with Crippen LogP contribution in [0.15, 0.2) is 0 Å². The van der Waals surface area contributed by atoms with Gasteiger partial charge >= 0.3 is 0 Å². The van der Waals surface area contributed by atoms with E-state index in [1.54, 1.807) is 0 Å². The first-order valence-electron chi connectivity index (χ1n) is 3.05. The van der Waals surface area contributed by atoms with Crippen LogP contribution in [-0.2, 0) is 9.59 Å². The maximum atomic E-state index is 10.9. The van der Waals surface area contributed by atoms with Gasteiger partial charge in [0.15, 0.2) is 5.78 Å². The van der Waals surface area contributed by atoms with Gasteiger partial charge in [-0.2, -0.15) is 0 Å². The Balaban J connectivity index is 4.08. The molecular weight excluding hydrogens is 132 g/mol. The molecule has 0 aromatic heterocycles. The van der Waals surface area contributed by atoms with Gasteiger partial charge in [-0.1, -0.05) is 0 Å². The van der Waals surface area contributed by atoms with Gasteiger partial charge in [0.05, 0.1) is 12.0 Å². The Labute approximate surface area is 59.6 Å². The van der Waals surface area contributed by atoms with Crippen LogP contribution in [0, 0.1) is 5.92 Å². The quantitative estimate of drug-likeness (QED) is 0.499. The molecule has 0 aliphatic heterocycles. The number of carbonyl (C=O) groups excluding carboxylic acids is 2. The van der Waals surface area contributed by atoms with E-state index in [4.69, 9.17) is 11.5 Å². The molecule has 0 bridgehead atoms. The average molecular weight is 144 g/mol. The number of primary amides is 1. The smallest absolute Gasteiger partial charge is 0.227 e. The Hall–Kier alpha value is -0.900. The van der Waals surface area contributed by atoms with E-state index in [1.807, 2.05) is 0 Å². The third-order valence-corrected chi connectivity index (χ3v) is 1.30. The van der Waals surface area contributed by atoms with Crippen LogP contribution < -0.4 is 11.5 Å². The minimum absolute atomic E-state index is 0.312. The number of Topliss-reactive ketones (excluding diaryl/α,β-unsaturated/α-hetero) is 1. The first kappa shape index (κ1) is 9.10. The SMILES string of the molecule is CC(C(N)=O)C(=O)[C@H](C)N. The van der Waals surface area contributed by atoms with Gasteiger partial charge in [0.25, 0.3) is 0 Å². The summed E-state index contributed by atoms with van der Waals surface area (Å²) in [5, 5.41) is 0. The molecule has 2 atom stereocenters. The molecule has 0 spiro atoms. The lowest BCUT2D eigenvalue weighted by molar-refractivity contribution is -0.132. The van der Waals surface area contributed by atoms with Crippen LogP contribution in [0.25, 0.3) is 0 Å². The van der Waals surface area contributed by atoms with Crippen LogP contribution in [0.1, 0.15) is 13.8 Å². The number of hydrogen-bond acceptors (Lipinski definition) is 3. The third kappa shape index (κ3) is 2.14. The van der Waals surface area contributed by atoms with E-state index < -0.39 is 17.9 Å². The molecule has 0 aliphatic rings. The number of amides is 1. The van der Waals surface area contributed by atoms with E-state index in [9.17, 15) is 9.59 Å². The Bertz CT molecular complexity index is 154. The van der Waals surface area contributed by atoms with Gasteiger partial charge in [-0.05, 0) is 13.8 Å². The van der Waals surface area contributed by atoms with Crippen molar-refractivity contribution in [2.24, 2.45) is 17.4 Å². The van der Waals surface area contributed by atoms with E-state index >= 15 is 0 Å². The second-order valence-corrected chi connectivity index (χ2v) is 2.32. The van der Waals surface area contributed by atoms with Gasteiger partial charge in [-0.3, -0.25) is 9.59 Å². The maximum Gasteiger partial charge on any atom is 0.227 e. The minimum atomic E-state index is -0.764. The number of ketones is 1. The Morgan fingerprint density at radius 1 is 1.30 bits per heavy atom. The monoisotopic (exact) mass is 144 g/mol. The van der Waals surface area contributed by atoms with Crippen molar-refractivity contribution in [3.63, 3.8) is 0 Å². The van der Waals surface area contributed by atoms with Crippen molar-refractivity contribution < 1.29 is 9.59 Å². The van der Waals surface area contributed by atoms with E-state index in [0.717, 1.165) is 0 Å². The second kappa shape index (κ2) is 3.31. The van der Waals surface area contributed by atoms with E-state index in [0.29, 0.717) is 0 Å². The fourth-order valence-electron chi connectivity index (χ4n) is 0.535. The van der Waals surface area contributed by atoms with Crippen LogP contribution >= 0.6 is 0 Å². The van der Waals surface area contributed by atoms with Gasteiger partial charge in [0.1, 0.15) is 0 Å². The molecule has 4 nitrogen and oxygen atoms in total. The van der Waals surface area contributed by atoms with Gasteiger partial charge in [0, 0.05) is 0 Å². The third-order valence-electron chi connectivity index (χ3n) is 1.30. The predicted octanol–water partition coefficient (Wildman–Crippen LogP) is -0.976. The molecule has 0 saturated carbocycles. The zero-order chi connectivity index (χ0) is 8.31. The van der Waals surface area contributed by atoms with Crippen molar-refractivity contribution in [2.75, 3.05) is 0 Å². The summed E-state index contributed by atoms with van der Waals surface area (Å²) >= 11 is 0. The molecule has 58 valence electrons. The van der Waals surface area contributed by atoms with Crippen molar-refractivity contribution in [3.8, 4) is 0 Å². The zero-order valence-electron chi connectivity index (χ0n) is 6.13. The molecule has 0 aliphatic carbocycles. The fourth-order valence-corrected chi connectivity index (χ4v) is 0.535. The van der Waals surface area contributed by atoms with Gasteiger partial charge in [-0.25, -0.2) is 0 Å². The summed E-state index contributed by atoms with van der Waals surface area (Å²) in [5.41, 5.74) is 10.1. The molecule has 0 aromatic carbocycles. The number of rotatable bonds is 3. The van der Waals surface area contributed by atoms with Gasteiger partial charge in [-0.15, -0.1) is 0 Å². The molecule has 1 amide bonds. The largest absolute Gasteiger partial charge is 0.369 e. The van der Waals surface area contributed by atoms with Crippen molar-refractivity contribution in [1.29, 1.82) is 0 Å². The highest BCUT2D eigenvalue weighted by Gasteiger charge is 2.20. The molecule has 4 heteroatoms. The molecule has 10 heavy (non-hydrogen) atoms. The summed E-state index contributed by atoms with van der Waals surface area (Å²) in [5.74, 6) is -1.70. The Morgan fingerprint density at radius 2 is 1.70 bits per heavy atom. The molecule has 0 heterocycles. The first-order valence-corrected chi connectivity index (χ1v) is 3.05. The second-order valence-electron chi connectivity index (χ2n) is 2.32. The molecule has 0 aromatic rings. The summed E-state index contributed by atoms with van der Waals surface area (Å²) in [4.78, 5) is 21.2. The summed E-state index contributed by atoms with van der Waals surface area (Å²) in [6.45, 7) is 2.98. The highest BCUT2D eigenvalue weighted by molar-refractivity contribution is 6.02. The maximum absolute atomic E-state index is 10.9. The number of carbonyl (C=O) groups is 2. The minimum Gasteiger partial charge on any atom is -0.369 e. The van der Waals surface area contributed by atoms with Crippen molar-refractivity contribution >= 4 is 11.7 Å². The molecule has 0 rings (SSSR count). The van der Waals surface area contributed by atoms with Crippen LogP contribution in [0.3, 0.4) is 0 Å². The number of hydrogen-bond donors (Lipinski definition) is 2. The van der Waals surface area contributed by atoms with Crippen molar-refractivity contribution in [3.05, 3.63) is 0 Å². The van der Waals surface area contributed by atoms with Crippen molar-refractivity contribution in [1.82, 2.24) is 0 Å². The molecule has 1 unspecified atom stereocenters. The first-order chi connectivity index (χ1) is 4.46. The van der Waals surface area contributed by atoms with Gasteiger partial charge in [0.2, 0.25) is 5.91 Å². The van der Waals surface area contributed by atoms with Crippen LogP contribution in [0.2, 0.25) is 0 Å². The summed E-state index contributed by atoms with van der Waals surface area (Å²) in [6.07, 6.45) is 0. The zero-order valence-corrected chi connectivity index (χ0v) is 6.13. The lowest BCUT2D eigenvalue weighted by Gasteiger charge is -2.07. The van der Waals surface area contributed by atoms with Gasteiger partial charge < -0.3 is 11.5 Å². The standard InChI is InChI=1S/C6H12N2O2/c1-3(6(8)10)5(9)4(2)7/h3-4H,7H2,1-2H3,(H2,8,10)/t3?,4-/m0/s1. The van der Waals surface area contributed by atoms with Crippen LogP contribution in [0.4, 0.5) is 0 Å². The fraction of sp³-hybridized carbons (Fsp3) is 0.667. The Morgan fingerprint density at radius 3 is 1.80 bits per heavy atom.